The zero-order valence-corrected chi connectivity index (χ0v) is 23.0. The molecule has 1 amide bonds. The summed E-state index contributed by atoms with van der Waals surface area (Å²) in [6.07, 6.45) is 17.9. The number of carbonyl (C=O) groups excluding carboxylic acids is 4. The number of hydrogen-bond donors (Lipinski definition) is 1. The van der Waals surface area contributed by atoms with Crippen molar-refractivity contribution in [3.8, 4) is 0 Å². The molecule has 1 rings (SSSR count). The molecule has 1 aliphatic rings. The second-order valence-electron chi connectivity index (χ2n) is 9.97. The van der Waals surface area contributed by atoms with E-state index in [1.807, 2.05) is 12.2 Å². The van der Waals surface area contributed by atoms with E-state index in [0.717, 1.165) is 25.7 Å². The molecule has 0 spiro atoms. The van der Waals surface area contributed by atoms with Crippen molar-refractivity contribution in [1.29, 1.82) is 0 Å². The Morgan fingerprint density at radius 2 is 1.75 bits per heavy atom. The first kappa shape index (κ1) is 31.6. The van der Waals surface area contributed by atoms with Crippen LogP contribution in [0.1, 0.15) is 105 Å². The molecule has 0 aromatic rings. The molecule has 1 N–H and O–H groups in total. The fraction of sp³-hybridized carbons (Fsp3) is 0.724. The maximum atomic E-state index is 12.9. The van der Waals surface area contributed by atoms with Gasteiger partial charge in [-0.1, -0.05) is 63.8 Å². The minimum atomic E-state index is -1.34. The van der Waals surface area contributed by atoms with Crippen LogP contribution in [0.4, 0.5) is 0 Å². The lowest BCUT2D eigenvalue weighted by Gasteiger charge is -2.25. The SMILES string of the molecule is CCCCCC/C=C/[C@H]1[C@H](NC(=O)CCCC)CC(=O)[C@@H]1C/C=C\CCC(C)(OC(C)=O)C(=O)OC. The van der Waals surface area contributed by atoms with Gasteiger partial charge in [0.2, 0.25) is 11.5 Å². The molecule has 1 unspecified atom stereocenters. The third kappa shape index (κ3) is 11.1. The van der Waals surface area contributed by atoms with Gasteiger partial charge in [0.05, 0.1) is 7.11 Å². The predicted octanol–water partition coefficient (Wildman–Crippen LogP) is 5.61. The van der Waals surface area contributed by atoms with E-state index in [2.05, 4.69) is 31.3 Å². The Balaban J connectivity index is 2.81. The van der Waals surface area contributed by atoms with E-state index >= 15 is 0 Å². The van der Waals surface area contributed by atoms with Crippen LogP contribution in [0.2, 0.25) is 0 Å². The van der Waals surface area contributed by atoms with Crippen LogP contribution in [0.5, 0.6) is 0 Å². The van der Waals surface area contributed by atoms with Gasteiger partial charge in [0.25, 0.3) is 0 Å². The van der Waals surface area contributed by atoms with Gasteiger partial charge in [0, 0.05) is 44.1 Å². The highest BCUT2D eigenvalue weighted by Gasteiger charge is 2.41. The van der Waals surface area contributed by atoms with Crippen LogP contribution in [0, 0.1) is 11.8 Å². The summed E-state index contributed by atoms with van der Waals surface area (Å²) < 4.78 is 10.0. The summed E-state index contributed by atoms with van der Waals surface area (Å²) in [5, 5.41) is 3.11. The Bertz CT molecular complexity index is 774. The number of hydrogen-bond acceptors (Lipinski definition) is 6. The number of unbranched alkanes of at least 4 members (excludes halogenated alkanes) is 5. The van der Waals surface area contributed by atoms with Crippen molar-refractivity contribution in [3.05, 3.63) is 24.3 Å². The van der Waals surface area contributed by atoms with E-state index in [4.69, 9.17) is 9.47 Å². The molecule has 1 fully saturated rings. The van der Waals surface area contributed by atoms with Gasteiger partial charge in [0.15, 0.2) is 0 Å². The second kappa shape index (κ2) is 17.1. The van der Waals surface area contributed by atoms with E-state index < -0.39 is 17.5 Å². The summed E-state index contributed by atoms with van der Waals surface area (Å²) in [6.45, 7) is 7.05. The number of ketones is 1. The lowest BCUT2D eigenvalue weighted by atomic mass is 9.89. The maximum absolute atomic E-state index is 12.9. The molecular weight excluding hydrogens is 458 g/mol. The quantitative estimate of drug-likeness (QED) is 0.157. The first-order valence-corrected chi connectivity index (χ1v) is 13.6. The first-order valence-electron chi connectivity index (χ1n) is 13.6. The standard InChI is InChI=1S/C29H47NO6/c1-6-8-10-11-12-14-17-23-24(26(32)21-25(23)30-27(33)19-9-7-2)18-15-13-16-20-29(4,28(34)35-5)36-22(3)31/h13-15,17,23-25H,6-12,16,18-21H2,1-5H3,(H,30,33)/b15-13-,17-14+/t23-,24-,25-,29?/m1/s1. The van der Waals surface area contributed by atoms with Gasteiger partial charge in [0.1, 0.15) is 5.78 Å². The summed E-state index contributed by atoms with van der Waals surface area (Å²) in [5.74, 6) is -1.17. The zero-order chi connectivity index (χ0) is 27.0. The number of carbonyl (C=O) groups is 4. The number of nitrogens with one attached hydrogen (secondary N) is 1. The van der Waals surface area contributed by atoms with Crippen molar-refractivity contribution in [2.24, 2.45) is 11.8 Å². The molecule has 1 saturated carbocycles. The van der Waals surface area contributed by atoms with Gasteiger partial charge in [-0.15, -0.1) is 0 Å². The van der Waals surface area contributed by atoms with Gasteiger partial charge in [-0.25, -0.2) is 4.79 Å². The summed E-state index contributed by atoms with van der Waals surface area (Å²) in [7, 11) is 1.26. The molecule has 0 aromatic carbocycles. The van der Waals surface area contributed by atoms with Crippen molar-refractivity contribution >= 4 is 23.6 Å². The Morgan fingerprint density at radius 1 is 1.03 bits per heavy atom. The molecule has 0 radical (unpaired) electrons. The second-order valence-corrected chi connectivity index (χ2v) is 9.97. The van der Waals surface area contributed by atoms with Crippen LogP contribution in [-0.2, 0) is 28.7 Å². The van der Waals surface area contributed by atoms with E-state index in [0.29, 0.717) is 25.7 Å². The molecule has 7 nitrogen and oxygen atoms in total. The summed E-state index contributed by atoms with van der Waals surface area (Å²) in [5.41, 5.74) is -1.34. The molecule has 0 aromatic heterocycles. The van der Waals surface area contributed by atoms with Gasteiger partial charge < -0.3 is 14.8 Å². The Hall–Kier alpha value is -2.44. The number of amides is 1. The average molecular weight is 506 g/mol. The van der Waals surface area contributed by atoms with E-state index in [-0.39, 0.29) is 36.0 Å². The number of rotatable bonds is 17. The number of allylic oxidation sites excluding steroid dienone is 3. The predicted molar refractivity (Wildman–Crippen MR) is 141 cm³/mol. The topological polar surface area (TPSA) is 98.8 Å². The highest BCUT2D eigenvalue weighted by Crippen LogP contribution is 2.34. The Kier molecular flexibility index (Phi) is 15.0. The highest BCUT2D eigenvalue weighted by molar-refractivity contribution is 5.86. The number of Topliss-reactive ketones (excluding diaryl/α,β-unsaturated/α-hetero) is 1. The number of esters is 2. The largest absolute Gasteiger partial charge is 0.466 e. The minimum Gasteiger partial charge on any atom is -0.466 e. The maximum Gasteiger partial charge on any atom is 0.350 e. The van der Waals surface area contributed by atoms with Crippen LogP contribution in [-0.4, -0.2) is 42.4 Å². The third-order valence-electron chi connectivity index (χ3n) is 6.78. The summed E-state index contributed by atoms with van der Waals surface area (Å²) in [4.78, 5) is 48.8. The van der Waals surface area contributed by atoms with E-state index in [1.54, 1.807) is 6.92 Å². The van der Waals surface area contributed by atoms with Crippen LogP contribution in [0.15, 0.2) is 24.3 Å². The van der Waals surface area contributed by atoms with Crippen molar-refractivity contribution in [1.82, 2.24) is 5.32 Å². The molecule has 36 heavy (non-hydrogen) atoms. The van der Waals surface area contributed by atoms with Crippen molar-refractivity contribution in [2.45, 2.75) is 116 Å². The zero-order valence-electron chi connectivity index (χ0n) is 23.0. The van der Waals surface area contributed by atoms with Crippen molar-refractivity contribution < 1.29 is 28.7 Å². The van der Waals surface area contributed by atoms with Crippen LogP contribution < -0.4 is 5.32 Å². The molecule has 204 valence electrons. The van der Waals surface area contributed by atoms with Crippen LogP contribution in [0.3, 0.4) is 0 Å². The molecule has 0 heterocycles. The van der Waals surface area contributed by atoms with Gasteiger partial charge >= 0.3 is 11.9 Å². The Morgan fingerprint density at radius 3 is 2.39 bits per heavy atom. The van der Waals surface area contributed by atoms with Crippen LogP contribution >= 0.6 is 0 Å². The van der Waals surface area contributed by atoms with Gasteiger partial charge in [-0.3, -0.25) is 14.4 Å². The van der Waals surface area contributed by atoms with Gasteiger partial charge in [-0.2, -0.15) is 0 Å². The van der Waals surface area contributed by atoms with Crippen LogP contribution in [0.25, 0.3) is 0 Å². The van der Waals surface area contributed by atoms with E-state index in [9.17, 15) is 19.2 Å². The lowest BCUT2D eigenvalue weighted by Crippen LogP contribution is -2.40. The normalized spacial score (nSPS) is 21.6. The monoisotopic (exact) mass is 505 g/mol. The van der Waals surface area contributed by atoms with Crippen molar-refractivity contribution in [3.63, 3.8) is 0 Å². The Labute approximate surface area is 217 Å². The van der Waals surface area contributed by atoms with Gasteiger partial charge in [-0.05, 0) is 39.0 Å². The summed E-state index contributed by atoms with van der Waals surface area (Å²) >= 11 is 0. The summed E-state index contributed by atoms with van der Waals surface area (Å²) in [6, 6.07) is -0.168. The third-order valence-corrected chi connectivity index (χ3v) is 6.78. The molecule has 0 saturated heterocycles. The smallest absolute Gasteiger partial charge is 0.350 e. The molecular formula is C29H47NO6. The first-order chi connectivity index (χ1) is 17.2. The lowest BCUT2D eigenvalue weighted by molar-refractivity contribution is -0.178. The molecule has 4 atom stereocenters. The fourth-order valence-electron chi connectivity index (χ4n) is 4.71. The molecule has 0 bridgehead atoms. The minimum absolute atomic E-state index is 0.0137. The number of ether oxygens (including phenoxy) is 2. The average Bonchev–Trinajstić information content (AvgIpc) is 3.12. The highest BCUT2D eigenvalue weighted by atomic mass is 16.6. The van der Waals surface area contributed by atoms with E-state index in [1.165, 1.54) is 33.3 Å². The fourth-order valence-corrected chi connectivity index (χ4v) is 4.71. The van der Waals surface area contributed by atoms with Crippen molar-refractivity contribution in [2.75, 3.05) is 7.11 Å². The number of methoxy groups -OCH3 is 1. The molecule has 7 heteroatoms. The molecule has 0 aliphatic heterocycles. The molecule has 1 aliphatic carbocycles.